The van der Waals surface area contributed by atoms with Crippen molar-refractivity contribution in [3.8, 4) is 11.1 Å². The van der Waals surface area contributed by atoms with E-state index >= 15 is 0 Å². The lowest BCUT2D eigenvalue weighted by molar-refractivity contribution is -0.144. The van der Waals surface area contributed by atoms with Gasteiger partial charge in [-0.25, -0.2) is 4.79 Å². The lowest BCUT2D eigenvalue weighted by Crippen LogP contribution is -2.40. The minimum absolute atomic E-state index is 0.00116. The average molecular weight is 479 g/mol. The van der Waals surface area contributed by atoms with Crippen molar-refractivity contribution in [1.29, 1.82) is 0 Å². The fourth-order valence-corrected chi connectivity index (χ4v) is 5.09. The van der Waals surface area contributed by atoms with E-state index in [0.29, 0.717) is 13.0 Å². The van der Waals surface area contributed by atoms with Gasteiger partial charge >= 0.3 is 12.1 Å². The molecule has 0 aliphatic heterocycles. The van der Waals surface area contributed by atoms with Crippen LogP contribution in [0, 0.1) is 17.8 Å². The van der Waals surface area contributed by atoms with E-state index < -0.39 is 18.0 Å². The second kappa shape index (κ2) is 11.4. The Morgan fingerprint density at radius 1 is 0.971 bits per heavy atom. The van der Waals surface area contributed by atoms with Gasteiger partial charge in [0.25, 0.3) is 0 Å². The number of hydrogen-bond donors (Lipinski definition) is 3. The van der Waals surface area contributed by atoms with Gasteiger partial charge in [0.05, 0.1) is 5.92 Å². The fraction of sp³-hybridized carbons (Fsp3) is 0.464. The summed E-state index contributed by atoms with van der Waals surface area (Å²) < 4.78 is 5.57. The van der Waals surface area contributed by atoms with Gasteiger partial charge in [0.2, 0.25) is 5.91 Å². The van der Waals surface area contributed by atoms with Crippen molar-refractivity contribution in [1.82, 2.24) is 10.6 Å². The summed E-state index contributed by atoms with van der Waals surface area (Å²) in [5.74, 6) is -1.45. The van der Waals surface area contributed by atoms with E-state index in [1.807, 2.05) is 31.2 Å². The third kappa shape index (κ3) is 5.84. The molecule has 0 saturated heterocycles. The van der Waals surface area contributed by atoms with E-state index in [2.05, 4.69) is 34.9 Å². The first-order valence-corrected chi connectivity index (χ1v) is 12.6. The van der Waals surface area contributed by atoms with Crippen molar-refractivity contribution in [3.05, 3.63) is 59.7 Å². The Morgan fingerprint density at radius 3 is 2.14 bits per heavy atom. The van der Waals surface area contributed by atoms with E-state index in [-0.39, 0.29) is 43.2 Å². The van der Waals surface area contributed by atoms with Crippen molar-refractivity contribution < 1.29 is 24.2 Å². The highest BCUT2D eigenvalue weighted by Crippen LogP contribution is 2.44. The van der Waals surface area contributed by atoms with Crippen LogP contribution < -0.4 is 10.6 Å². The molecular formula is C28H34N2O5. The first-order chi connectivity index (χ1) is 17.0. The number of carbonyl (C=O) groups excluding carboxylic acids is 2. The van der Waals surface area contributed by atoms with Gasteiger partial charge in [-0.05, 0) is 46.9 Å². The minimum atomic E-state index is -0.848. The van der Waals surface area contributed by atoms with Crippen molar-refractivity contribution in [2.45, 2.75) is 44.9 Å². The van der Waals surface area contributed by atoms with Gasteiger partial charge in [0.15, 0.2) is 0 Å². The van der Waals surface area contributed by atoms with Gasteiger partial charge in [-0.2, -0.15) is 0 Å². The molecular weight excluding hydrogens is 444 g/mol. The van der Waals surface area contributed by atoms with Gasteiger partial charge in [-0.3, -0.25) is 9.59 Å². The maximum absolute atomic E-state index is 12.4. The molecule has 0 heterocycles. The first-order valence-electron chi connectivity index (χ1n) is 12.6. The zero-order chi connectivity index (χ0) is 24.8. The third-order valence-electron chi connectivity index (χ3n) is 7.49. The van der Waals surface area contributed by atoms with Crippen LogP contribution in [-0.4, -0.2) is 42.8 Å². The predicted octanol–water partition coefficient (Wildman–Crippen LogP) is 4.56. The summed E-state index contributed by atoms with van der Waals surface area (Å²) in [5.41, 5.74) is 4.67. The number of amides is 2. The van der Waals surface area contributed by atoms with Crippen LogP contribution in [-0.2, 0) is 14.3 Å². The van der Waals surface area contributed by atoms with Crippen molar-refractivity contribution in [2.75, 3.05) is 19.7 Å². The standard InChI is InChI=1S/C28H34N2O5/c1-2-18(14-26(31)29-16-24(27(32)33)19-8-7-9-19)15-30-28(34)35-17-25-22-12-5-3-10-20(22)21-11-4-6-13-23(21)25/h3-6,10-13,18-19,24-25H,2,7-9,14-17H2,1H3,(H,29,31)(H,30,34)(H,32,33). The molecule has 2 aromatic carbocycles. The SMILES string of the molecule is CCC(CNC(=O)OCC1c2ccccc2-c2ccccc21)CC(=O)NCC(C(=O)O)C1CCC1. The Labute approximate surface area is 206 Å². The molecule has 1 fully saturated rings. The van der Waals surface area contributed by atoms with Gasteiger partial charge in [-0.15, -0.1) is 0 Å². The summed E-state index contributed by atoms with van der Waals surface area (Å²) in [5, 5.41) is 15.0. The zero-order valence-electron chi connectivity index (χ0n) is 20.2. The molecule has 3 N–H and O–H groups in total. The monoisotopic (exact) mass is 478 g/mol. The number of rotatable bonds is 11. The molecule has 35 heavy (non-hydrogen) atoms. The molecule has 2 amide bonds. The molecule has 2 aliphatic rings. The Balaban J connectivity index is 1.23. The van der Waals surface area contributed by atoms with Crippen molar-refractivity contribution >= 4 is 18.0 Å². The fourth-order valence-electron chi connectivity index (χ4n) is 5.09. The summed E-state index contributed by atoms with van der Waals surface area (Å²) in [7, 11) is 0. The van der Waals surface area contributed by atoms with Crippen LogP contribution in [0.4, 0.5) is 4.79 Å². The molecule has 2 unspecified atom stereocenters. The lowest BCUT2D eigenvalue weighted by Gasteiger charge is -2.31. The second-order valence-electron chi connectivity index (χ2n) is 9.62. The number of ether oxygens (including phenoxy) is 1. The van der Waals surface area contributed by atoms with Crippen molar-refractivity contribution in [3.63, 3.8) is 0 Å². The van der Waals surface area contributed by atoms with E-state index in [0.717, 1.165) is 30.4 Å². The van der Waals surface area contributed by atoms with Gasteiger partial charge in [0, 0.05) is 25.4 Å². The number of carbonyl (C=O) groups is 3. The molecule has 186 valence electrons. The van der Waals surface area contributed by atoms with Gasteiger partial charge < -0.3 is 20.5 Å². The number of nitrogens with one attached hydrogen (secondary N) is 2. The summed E-state index contributed by atoms with van der Waals surface area (Å²) >= 11 is 0. The number of alkyl carbamates (subject to hydrolysis) is 1. The van der Waals surface area contributed by atoms with Crippen LogP contribution in [0.5, 0.6) is 0 Å². The van der Waals surface area contributed by atoms with E-state index in [4.69, 9.17) is 4.74 Å². The maximum atomic E-state index is 12.4. The van der Waals surface area contributed by atoms with Crippen molar-refractivity contribution in [2.24, 2.45) is 17.8 Å². The Kier molecular flexibility index (Phi) is 8.06. The number of hydrogen-bond acceptors (Lipinski definition) is 4. The number of benzene rings is 2. The highest BCUT2D eigenvalue weighted by Gasteiger charge is 2.33. The summed E-state index contributed by atoms with van der Waals surface area (Å²) in [6, 6.07) is 16.4. The number of fused-ring (bicyclic) bond motifs is 3. The number of carboxylic acids is 1. The lowest BCUT2D eigenvalue weighted by atomic mass is 9.76. The molecule has 0 bridgehead atoms. The Bertz CT molecular complexity index is 1020. The van der Waals surface area contributed by atoms with E-state index in [1.54, 1.807) is 0 Å². The number of carboxylic acid groups (broad SMARTS) is 1. The summed E-state index contributed by atoms with van der Waals surface area (Å²) in [6.07, 6.45) is 3.32. The molecule has 4 rings (SSSR count). The molecule has 2 aliphatic carbocycles. The first kappa shape index (κ1) is 24.8. The topological polar surface area (TPSA) is 105 Å². The highest BCUT2D eigenvalue weighted by molar-refractivity contribution is 5.79. The normalized spacial score (nSPS) is 16.4. The van der Waals surface area contributed by atoms with Crippen LogP contribution in [0.15, 0.2) is 48.5 Å². The molecule has 0 aromatic heterocycles. The van der Waals surface area contributed by atoms with Crippen LogP contribution in [0.25, 0.3) is 11.1 Å². The van der Waals surface area contributed by atoms with Crippen LogP contribution in [0.3, 0.4) is 0 Å². The average Bonchev–Trinajstić information content (AvgIpc) is 3.15. The molecule has 7 heteroatoms. The highest BCUT2D eigenvalue weighted by atomic mass is 16.5. The van der Waals surface area contributed by atoms with E-state index in [9.17, 15) is 19.5 Å². The van der Waals surface area contributed by atoms with Gasteiger partial charge in [0.1, 0.15) is 6.61 Å². The van der Waals surface area contributed by atoms with Gasteiger partial charge in [-0.1, -0.05) is 68.3 Å². The molecule has 0 spiro atoms. The molecule has 2 aromatic rings. The molecule has 1 saturated carbocycles. The van der Waals surface area contributed by atoms with E-state index in [1.165, 1.54) is 11.1 Å². The smallest absolute Gasteiger partial charge is 0.407 e. The Hall–Kier alpha value is -3.35. The van der Waals surface area contributed by atoms with Crippen LogP contribution in [0.1, 0.15) is 56.1 Å². The summed E-state index contributed by atoms with van der Waals surface area (Å²) in [4.78, 5) is 36.3. The Morgan fingerprint density at radius 2 is 1.60 bits per heavy atom. The predicted molar refractivity (Wildman–Crippen MR) is 133 cm³/mol. The maximum Gasteiger partial charge on any atom is 0.407 e. The minimum Gasteiger partial charge on any atom is -0.481 e. The molecule has 7 nitrogen and oxygen atoms in total. The molecule has 0 radical (unpaired) electrons. The van der Waals surface area contributed by atoms with Crippen LogP contribution in [0.2, 0.25) is 0 Å². The quantitative estimate of drug-likeness (QED) is 0.439. The van der Waals surface area contributed by atoms with Crippen LogP contribution >= 0.6 is 0 Å². The summed E-state index contributed by atoms with van der Waals surface area (Å²) in [6.45, 7) is 2.70. The third-order valence-corrected chi connectivity index (χ3v) is 7.49. The molecule has 2 atom stereocenters. The second-order valence-corrected chi connectivity index (χ2v) is 9.62. The zero-order valence-corrected chi connectivity index (χ0v) is 20.2. The number of aliphatic carboxylic acids is 1. The largest absolute Gasteiger partial charge is 0.481 e.